The molecule has 0 amide bonds. The van der Waals surface area contributed by atoms with Gasteiger partial charge in [-0.05, 0) is 11.6 Å². The topological polar surface area (TPSA) is 26.3 Å². The SMILES string of the molecule is CCCC[Si]OC(=O)Cc1ccccc1. The molecule has 1 rings (SSSR count). The summed E-state index contributed by atoms with van der Waals surface area (Å²) in [4.78, 5) is 11.4. The zero-order valence-corrected chi connectivity index (χ0v) is 10.0. The van der Waals surface area contributed by atoms with Crippen LogP contribution in [0.15, 0.2) is 30.3 Å². The zero-order valence-electron chi connectivity index (χ0n) is 9.03. The zero-order chi connectivity index (χ0) is 10.9. The molecule has 0 atom stereocenters. The lowest BCUT2D eigenvalue weighted by Crippen LogP contribution is -2.10. The molecule has 0 saturated carbocycles. The van der Waals surface area contributed by atoms with Gasteiger partial charge in [-0.2, -0.15) is 0 Å². The van der Waals surface area contributed by atoms with Crippen molar-refractivity contribution in [2.45, 2.75) is 32.2 Å². The summed E-state index contributed by atoms with van der Waals surface area (Å²) in [5, 5.41) is 0. The van der Waals surface area contributed by atoms with E-state index in [0.29, 0.717) is 16.2 Å². The molecular formula is C12H16O2Si. The van der Waals surface area contributed by atoms with E-state index in [0.717, 1.165) is 24.4 Å². The van der Waals surface area contributed by atoms with Crippen molar-refractivity contribution in [3.63, 3.8) is 0 Å². The van der Waals surface area contributed by atoms with E-state index in [1.807, 2.05) is 30.3 Å². The molecular weight excluding hydrogens is 204 g/mol. The van der Waals surface area contributed by atoms with Gasteiger partial charge in [-0.15, -0.1) is 0 Å². The molecule has 0 aliphatic rings. The minimum atomic E-state index is -0.115. The summed E-state index contributed by atoms with van der Waals surface area (Å²) >= 11 is 0. The highest BCUT2D eigenvalue weighted by molar-refractivity contribution is 6.30. The van der Waals surface area contributed by atoms with Gasteiger partial charge in [0.15, 0.2) is 0 Å². The second-order valence-electron chi connectivity index (χ2n) is 3.38. The van der Waals surface area contributed by atoms with Gasteiger partial charge in [-0.3, -0.25) is 4.79 Å². The summed E-state index contributed by atoms with van der Waals surface area (Å²) in [6.07, 6.45) is 2.68. The van der Waals surface area contributed by atoms with E-state index in [-0.39, 0.29) is 5.97 Å². The lowest BCUT2D eigenvalue weighted by atomic mass is 10.2. The van der Waals surface area contributed by atoms with Gasteiger partial charge in [-0.1, -0.05) is 50.1 Å². The standard InChI is InChI=1S/C12H16O2Si/c1-2-3-9-15-14-12(13)10-11-7-5-4-6-8-11/h4-8H,2-3,9-10H2,1H3. The molecule has 0 spiro atoms. The smallest absolute Gasteiger partial charge is 0.314 e. The van der Waals surface area contributed by atoms with Gasteiger partial charge < -0.3 is 4.43 Å². The molecule has 1 aromatic carbocycles. The first kappa shape index (κ1) is 12.0. The first-order chi connectivity index (χ1) is 7.33. The van der Waals surface area contributed by atoms with Crippen molar-refractivity contribution >= 4 is 15.7 Å². The van der Waals surface area contributed by atoms with Gasteiger partial charge in [0.2, 0.25) is 0 Å². The van der Waals surface area contributed by atoms with Crippen LogP contribution >= 0.6 is 0 Å². The van der Waals surface area contributed by atoms with Crippen LogP contribution in [0.3, 0.4) is 0 Å². The maximum atomic E-state index is 11.4. The molecule has 0 aliphatic heterocycles. The van der Waals surface area contributed by atoms with Crippen LogP contribution in [0.5, 0.6) is 0 Å². The number of unbranched alkanes of at least 4 members (excludes halogenated alkanes) is 1. The van der Waals surface area contributed by atoms with Gasteiger partial charge in [-0.25, -0.2) is 0 Å². The normalized spacial score (nSPS) is 9.93. The van der Waals surface area contributed by atoms with E-state index in [9.17, 15) is 4.79 Å². The lowest BCUT2D eigenvalue weighted by molar-refractivity contribution is -0.133. The Morgan fingerprint density at radius 3 is 2.73 bits per heavy atom. The third kappa shape index (κ3) is 5.37. The Hall–Kier alpha value is -1.09. The average molecular weight is 220 g/mol. The number of hydrogen-bond donors (Lipinski definition) is 0. The van der Waals surface area contributed by atoms with Crippen LogP contribution in [0.25, 0.3) is 0 Å². The highest BCUT2D eigenvalue weighted by Crippen LogP contribution is 2.01. The molecule has 15 heavy (non-hydrogen) atoms. The fourth-order valence-electron chi connectivity index (χ4n) is 1.18. The highest BCUT2D eigenvalue weighted by Gasteiger charge is 2.04. The Labute approximate surface area is 93.6 Å². The van der Waals surface area contributed by atoms with E-state index < -0.39 is 0 Å². The van der Waals surface area contributed by atoms with E-state index in [1.165, 1.54) is 0 Å². The average Bonchev–Trinajstić information content (AvgIpc) is 2.26. The second-order valence-corrected chi connectivity index (χ2v) is 4.38. The minimum absolute atomic E-state index is 0.115. The molecule has 3 heteroatoms. The van der Waals surface area contributed by atoms with Crippen molar-refractivity contribution in [2.24, 2.45) is 0 Å². The quantitative estimate of drug-likeness (QED) is 0.544. The van der Waals surface area contributed by atoms with E-state index in [2.05, 4.69) is 6.92 Å². The van der Waals surface area contributed by atoms with Crippen molar-refractivity contribution < 1.29 is 9.22 Å². The third-order valence-electron chi connectivity index (χ3n) is 2.01. The maximum absolute atomic E-state index is 11.4. The summed E-state index contributed by atoms with van der Waals surface area (Å²) < 4.78 is 5.14. The fraction of sp³-hybridized carbons (Fsp3) is 0.417. The predicted molar refractivity (Wildman–Crippen MR) is 61.7 cm³/mol. The third-order valence-corrected chi connectivity index (χ3v) is 2.94. The van der Waals surface area contributed by atoms with Crippen LogP contribution in [-0.4, -0.2) is 15.7 Å². The number of rotatable bonds is 6. The molecule has 0 bridgehead atoms. The van der Waals surface area contributed by atoms with Gasteiger partial charge in [0.05, 0.1) is 6.42 Å². The largest absolute Gasteiger partial charge is 0.516 e. The molecule has 0 saturated heterocycles. The second kappa shape index (κ2) is 7.23. The molecule has 0 aliphatic carbocycles. The number of carbonyl (C=O) groups is 1. The Morgan fingerprint density at radius 1 is 1.33 bits per heavy atom. The van der Waals surface area contributed by atoms with E-state index in [4.69, 9.17) is 4.43 Å². The Bertz CT molecular complexity index is 285. The van der Waals surface area contributed by atoms with Crippen LogP contribution in [-0.2, 0) is 15.6 Å². The van der Waals surface area contributed by atoms with Gasteiger partial charge in [0.25, 0.3) is 5.97 Å². The monoisotopic (exact) mass is 220 g/mol. The lowest BCUT2D eigenvalue weighted by Gasteiger charge is -2.02. The first-order valence-corrected chi connectivity index (χ1v) is 6.41. The molecule has 0 fully saturated rings. The fourth-order valence-corrected chi connectivity index (χ4v) is 2.01. The molecule has 2 nitrogen and oxygen atoms in total. The van der Waals surface area contributed by atoms with Gasteiger partial charge in [0.1, 0.15) is 0 Å². The highest BCUT2D eigenvalue weighted by atomic mass is 28.2. The van der Waals surface area contributed by atoms with Gasteiger partial charge in [0, 0.05) is 0 Å². The van der Waals surface area contributed by atoms with E-state index in [1.54, 1.807) is 0 Å². The summed E-state index contributed by atoms with van der Waals surface area (Å²) in [6.45, 7) is 2.14. The molecule has 0 heterocycles. The van der Waals surface area contributed by atoms with E-state index >= 15 is 0 Å². The van der Waals surface area contributed by atoms with Crippen LogP contribution in [0.4, 0.5) is 0 Å². The van der Waals surface area contributed by atoms with Crippen LogP contribution in [0, 0.1) is 0 Å². The summed E-state index contributed by atoms with van der Waals surface area (Å²) in [5.41, 5.74) is 1.02. The predicted octanol–water partition coefficient (Wildman–Crippen LogP) is 2.61. The summed E-state index contributed by atoms with van der Waals surface area (Å²) in [7, 11) is 0.322. The van der Waals surface area contributed by atoms with Crippen molar-refractivity contribution in [1.29, 1.82) is 0 Å². The Kier molecular flexibility index (Phi) is 5.78. The van der Waals surface area contributed by atoms with Gasteiger partial charge >= 0.3 is 9.76 Å². The minimum Gasteiger partial charge on any atom is -0.516 e. The molecule has 80 valence electrons. The van der Waals surface area contributed by atoms with Crippen molar-refractivity contribution in [3.05, 3.63) is 35.9 Å². The first-order valence-electron chi connectivity index (χ1n) is 5.29. The van der Waals surface area contributed by atoms with Crippen molar-refractivity contribution in [3.8, 4) is 0 Å². The number of benzene rings is 1. The Balaban J connectivity index is 2.19. The van der Waals surface area contributed by atoms with Crippen molar-refractivity contribution in [1.82, 2.24) is 0 Å². The van der Waals surface area contributed by atoms with Crippen molar-refractivity contribution in [2.75, 3.05) is 0 Å². The number of carbonyl (C=O) groups excluding carboxylic acids is 1. The summed E-state index contributed by atoms with van der Waals surface area (Å²) in [5.74, 6) is -0.115. The van der Waals surface area contributed by atoms with Crippen LogP contribution < -0.4 is 0 Å². The molecule has 0 aromatic heterocycles. The van der Waals surface area contributed by atoms with Crippen LogP contribution in [0.2, 0.25) is 6.04 Å². The molecule has 2 radical (unpaired) electrons. The Morgan fingerprint density at radius 2 is 2.07 bits per heavy atom. The molecule has 0 unspecified atom stereocenters. The van der Waals surface area contributed by atoms with Crippen LogP contribution in [0.1, 0.15) is 25.3 Å². The number of hydrogen-bond acceptors (Lipinski definition) is 2. The molecule has 1 aromatic rings. The summed E-state index contributed by atoms with van der Waals surface area (Å²) in [6, 6.07) is 10.7. The maximum Gasteiger partial charge on any atom is 0.314 e. The molecule has 0 N–H and O–H groups in total.